The number of nitrogens with zero attached hydrogens (tertiary/aromatic N) is 7. The summed E-state index contributed by atoms with van der Waals surface area (Å²) in [5.74, 6) is 2.68. The van der Waals surface area contributed by atoms with Gasteiger partial charge in [-0.2, -0.15) is 5.10 Å². The van der Waals surface area contributed by atoms with Crippen LogP contribution in [0.15, 0.2) is 60.2 Å². The van der Waals surface area contributed by atoms with Crippen LogP contribution in [0.3, 0.4) is 0 Å². The van der Waals surface area contributed by atoms with E-state index in [2.05, 4.69) is 37.1 Å². The zero-order valence-corrected chi connectivity index (χ0v) is 19.8. The fraction of sp³-hybridized carbons (Fsp3) is 0.346. The van der Waals surface area contributed by atoms with Crippen LogP contribution in [0.25, 0.3) is 16.6 Å². The molecule has 0 radical (unpaired) electrons. The van der Waals surface area contributed by atoms with Crippen LogP contribution in [0.1, 0.15) is 18.9 Å². The van der Waals surface area contributed by atoms with E-state index in [0.717, 1.165) is 46.9 Å². The summed E-state index contributed by atoms with van der Waals surface area (Å²) in [7, 11) is 1.76. The average Bonchev–Trinajstić information content (AvgIpc) is 3.31. The van der Waals surface area contributed by atoms with E-state index in [4.69, 9.17) is 14.5 Å². The fourth-order valence-electron chi connectivity index (χ4n) is 5.24. The Morgan fingerprint density at radius 2 is 1.94 bits per heavy atom. The summed E-state index contributed by atoms with van der Waals surface area (Å²) in [6.45, 7) is 4.41. The minimum absolute atomic E-state index is 0.183. The Balaban J connectivity index is 1.23. The van der Waals surface area contributed by atoms with Crippen molar-refractivity contribution >= 4 is 17.5 Å². The molecule has 0 amide bonds. The first kappa shape index (κ1) is 21.5. The molecule has 3 aliphatic rings. The predicted molar refractivity (Wildman–Crippen MR) is 133 cm³/mol. The molecule has 2 bridgehead atoms. The second kappa shape index (κ2) is 8.98. The Bertz CT molecular complexity index is 1340. The quantitative estimate of drug-likeness (QED) is 0.383. The van der Waals surface area contributed by atoms with Gasteiger partial charge in [0.1, 0.15) is 17.7 Å². The van der Waals surface area contributed by atoms with Crippen LogP contribution in [0.2, 0.25) is 0 Å². The first-order chi connectivity index (χ1) is 17.2. The van der Waals surface area contributed by atoms with Crippen LogP contribution in [0.4, 0.5) is 5.82 Å². The van der Waals surface area contributed by atoms with Crippen molar-refractivity contribution in [3.8, 4) is 22.9 Å². The summed E-state index contributed by atoms with van der Waals surface area (Å²) in [5, 5.41) is 4.50. The molecule has 7 rings (SSSR count). The van der Waals surface area contributed by atoms with Crippen LogP contribution in [-0.2, 0) is 0 Å². The first-order valence-corrected chi connectivity index (χ1v) is 11.9. The molecule has 3 fully saturated rings. The van der Waals surface area contributed by atoms with Gasteiger partial charge in [-0.3, -0.25) is 4.99 Å². The molecule has 35 heavy (non-hydrogen) atoms. The topological polar surface area (TPSA) is 90.0 Å². The number of piperidine rings is 2. The molecule has 0 spiro atoms. The molecule has 1 unspecified atom stereocenters. The van der Waals surface area contributed by atoms with Crippen LogP contribution in [0.5, 0.6) is 11.8 Å². The Labute approximate surface area is 203 Å². The van der Waals surface area contributed by atoms with Gasteiger partial charge < -0.3 is 14.4 Å². The van der Waals surface area contributed by atoms with Crippen molar-refractivity contribution in [3.63, 3.8) is 0 Å². The summed E-state index contributed by atoms with van der Waals surface area (Å²) in [6, 6.07) is 8.54. The lowest BCUT2D eigenvalue weighted by Gasteiger charge is -2.52. The summed E-state index contributed by atoms with van der Waals surface area (Å²) < 4.78 is 13.7. The van der Waals surface area contributed by atoms with E-state index in [9.17, 15) is 0 Å². The molecule has 4 aromatic heterocycles. The highest BCUT2D eigenvalue weighted by Gasteiger charge is 2.49. The van der Waals surface area contributed by atoms with Gasteiger partial charge in [0.2, 0.25) is 0 Å². The van der Waals surface area contributed by atoms with Gasteiger partial charge in [0.25, 0.3) is 0 Å². The average molecular weight is 470 g/mol. The van der Waals surface area contributed by atoms with Crippen molar-refractivity contribution in [2.45, 2.75) is 19.4 Å². The van der Waals surface area contributed by atoms with Gasteiger partial charge in [-0.25, -0.2) is 19.5 Å². The summed E-state index contributed by atoms with van der Waals surface area (Å²) in [4.78, 5) is 19.8. The molecule has 178 valence electrons. The van der Waals surface area contributed by atoms with Crippen LogP contribution < -0.4 is 14.4 Å². The lowest BCUT2D eigenvalue weighted by Crippen LogP contribution is -2.60. The lowest BCUT2D eigenvalue weighted by molar-refractivity contribution is -0.0396. The number of pyridine rings is 2. The third-order valence-corrected chi connectivity index (χ3v) is 6.81. The van der Waals surface area contributed by atoms with Crippen molar-refractivity contribution in [1.29, 1.82) is 0 Å². The van der Waals surface area contributed by atoms with Gasteiger partial charge in [-0.1, -0.05) is 0 Å². The normalized spacial score (nSPS) is 21.3. The highest BCUT2D eigenvalue weighted by atomic mass is 16.5. The second-order valence-electron chi connectivity index (χ2n) is 8.98. The van der Waals surface area contributed by atoms with E-state index in [-0.39, 0.29) is 6.10 Å². The largest absolute Gasteiger partial charge is 0.492 e. The van der Waals surface area contributed by atoms with Crippen LogP contribution in [0, 0.1) is 11.8 Å². The van der Waals surface area contributed by atoms with Gasteiger partial charge in [-0.05, 0) is 37.6 Å². The highest BCUT2D eigenvalue weighted by molar-refractivity contribution is 5.96. The SMILES string of the molecule is CCOc1cc(-c2ccc(N3CC4C[C@H](C3)[C@@H]4Oc3ncccn3)nc2)c2c(/C=N/C)cnn2c1. The summed E-state index contributed by atoms with van der Waals surface area (Å²) in [5.41, 5.74) is 3.96. The molecule has 0 aromatic carbocycles. The lowest BCUT2D eigenvalue weighted by atomic mass is 9.68. The van der Waals surface area contributed by atoms with Crippen molar-refractivity contribution in [3.05, 3.63) is 60.8 Å². The molecule has 9 heteroatoms. The van der Waals surface area contributed by atoms with Crippen LogP contribution in [-0.4, -0.2) is 63.6 Å². The molecule has 9 nitrogen and oxygen atoms in total. The van der Waals surface area contributed by atoms with Crippen molar-refractivity contribution in [1.82, 2.24) is 24.6 Å². The molecule has 1 saturated carbocycles. The standard InChI is InChI=1S/C26H27N7O2/c1-3-34-21-10-22(24-20(11-27-2)13-31-33(24)16-21)17-5-6-23(30-12-17)32-14-18-9-19(15-32)25(18)35-26-28-7-4-8-29-26/h4-8,10-13,16,18-19,25H,3,9,14-15H2,1-2H3/b27-11+/t18-,19?,25+/m1/s1. The second-order valence-corrected chi connectivity index (χ2v) is 8.98. The zero-order valence-electron chi connectivity index (χ0n) is 19.8. The number of fused-ring (bicyclic) bond motifs is 3. The van der Waals surface area contributed by atoms with Gasteiger partial charge in [0.15, 0.2) is 0 Å². The van der Waals surface area contributed by atoms with Crippen molar-refractivity contribution in [2.75, 3.05) is 31.6 Å². The third kappa shape index (κ3) is 3.96. The van der Waals surface area contributed by atoms with Crippen LogP contribution >= 0.6 is 0 Å². The molecule has 1 aliphatic carbocycles. The maximum absolute atomic E-state index is 6.07. The molecule has 6 heterocycles. The number of aliphatic imine (C=N–C) groups is 1. The molecule has 4 aromatic rings. The van der Waals surface area contributed by atoms with E-state index >= 15 is 0 Å². The number of hydrogen-bond acceptors (Lipinski definition) is 8. The Morgan fingerprint density at radius 3 is 2.66 bits per heavy atom. The maximum atomic E-state index is 6.07. The highest BCUT2D eigenvalue weighted by Crippen LogP contribution is 2.43. The predicted octanol–water partition coefficient (Wildman–Crippen LogP) is 3.54. The third-order valence-electron chi connectivity index (χ3n) is 6.81. The Morgan fingerprint density at radius 1 is 1.11 bits per heavy atom. The fourth-order valence-corrected chi connectivity index (χ4v) is 5.24. The van der Waals surface area contributed by atoms with E-state index in [1.807, 2.05) is 42.3 Å². The van der Waals surface area contributed by atoms with Gasteiger partial charge in [0.05, 0.1) is 24.5 Å². The monoisotopic (exact) mass is 469 g/mol. The molecule has 0 N–H and O–H groups in total. The number of hydrogen-bond donors (Lipinski definition) is 0. The number of ether oxygens (including phenoxy) is 2. The molecular formula is C26H27N7O2. The minimum atomic E-state index is 0.183. The maximum Gasteiger partial charge on any atom is 0.316 e. The van der Waals surface area contributed by atoms with E-state index < -0.39 is 0 Å². The number of aromatic nitrogens is 5. The number of rotatable bonds is 7. The van der Waals surface area contributed by atoms with Gasteiger partial charge >= 0.3 is 6.01 Å². The van der Waals surface area contributed by atoms with Gasteiger partial charge in [-0.15, -0.1) is 0 Å². The minimum Gasteiger partial charge on any atom is -0.492 e. The Hall–Kier alpha value is -4.01. The zero-order chi connectivity index (χ0) is 23.8. The molecule has 2 aliphatic heterocycles. The van der Waals surface area contributed by atoms with Crippen molar-refractivity contribution in [2.24, 2.45) is 16.8 Å². The Kier molecular flexibility index (Phi) is 5.52. The molecule has 2 saturated heterocycles. The summed E-state index contributed by atoms with van der Waals surface area (Å²) >= 11 is 0. The molecular weight excluding hydrogens is 442 g/mol. The van der Waals surface area contributed by atoms with E-state index in [0.29, 0.717) is 24.5 Å². The van der Waals surface area contributed by atoms with E-state index in [1.54, 1.807) is 25.5 Å². The van der Waals surface area contributed by atoms with Crippen molar-refractivity contribution < 1.29 is 9.47 Å². The molecule has 3 atom stereocenters. The van der Waals surface area contributed by atoms with Gasteiger partial charge in [0, 0.05) is 73.5 Å². The first-order valence-electron chi connectivity index (χ1n) is 11.9. The summed E-state index contributed by atoms with van der Waals surface area (Å²) in [6.07, 6.45) is 12.3. The number of anilines is 1. The smallest absolute Gasteiger partial charge is 0.316 e. The van der Waals surface area contributed by atoms with E-state index in [1.165, 1.54) is 6.42 Å².